The molecule has 0 bridgehead atoms. The molecule has 0 aromatic carbocycles. The molecule has 0 amide bonds. The number of aliphatic hydroxyl groups is 4. The molecule has 1 fully saturated rings. The molecule has 10 heteroatoms. The molecule has 1 aliphatic heterocycles. The second-order valence-electron chi connectivity index (χ2n) is 13.0. The quantitative estimate of drug-likeness (QED) is 0.0360. The Balaban J connectivity index is 2.44. The number of rotatable bonds is 30. The van der Waals surface area contributed by atoms with Crippen molar-refractivity contribution in [1.29, 1.82) is 0 Å². The fourth-order valence-electron chi connectivity index (χ4n) is 5.43. The number of ether oxygens (including phenoxy) is 4. The van der Waals surface area contributed by atoms with Gasteiger partial charge in [0.25, 0.3) is 0 Å². The van der Waals surface area contributed by atoms with E-state index in [1.54, 1.807) is 0 Å². The van der Waals surface area contributed by atoms with E-state index in [0.29, 0.717) is 6.42 Å². The van der Waals surface area contributed by atoms with Gasteiger partial charge in [0.2, 0.25) is 0 Å². The van der Waals surface area contributed by atoms with Gasteiger partial charge in [-0.1, -0.05) is 115 Å². The average Bonchev–Trinajstić information content (AvgIpc) is 3.10. The number of carbonyl (C=O) groups is 2. The van der Waals surface area contributed by atoms with E-state index >= 15 is 0 Å². The Kier molecular flexibility index (Phi) is 28.2. The third-order valence-corrected chi connectivity index (χ3v) is 8.53. The van der Waals surface area contributed by atoms with Crippen LogP contribution in [0, 0.1) is 0 Å². The third-order valence-electron chi connectivity index (χ3n) is 8.53. The molecular weight excluding hydrogens is 628 g/mol. The monoisotopic (exact) mass is 696 g/mol. The zero-order valence-electron chi connectivity index (χ0n) is 30.4. The second kappa shape index (κ2) is 30.7. The lowest BCUT2D eigenvalue weighted by atomic mass is 9.99. The van der Waals surface area contributed by atoms with Crippen LogP contribution in [0.2, 0.25) is 0 Å². The molecule has 0 aromatic heterocycles. The molecule has 0 saturated carbocycles. The maximum atomic E-state index is 12.7. The molecule has 1 rings (SSSR count). The fourth-order valence-corrected chi connectivity index (χ4v) is 5.43. The minimum atomic E-state index is -1.60. The van der Waals surface area contributed by atoms with Gasteiger partial charge >= 0.3 is 11.9 Å². The van der Waals surface area contributed by atoms with E-state index in [4.69, 9.17) is 18.9 Å². The van der Waals surface area contributed by atoms with Gasteiger partial charge in [0.15, 0.2) is 12.4 Å². The minimum Gasteiger partial charge on any atom is -0.462 e. The predicted octanol–water partition coefficient (Wildman–Crippen LogP) is 6.77. The molecule has 4 N–H and O–H groups in total. The smallest absolute Gasteiger partial charge is 0.306 e. The molecule has 0 spiro atoms. The Hall–Kier alpha value is -2.08. The van der Waals surface area contributed by atoms with E-state index in [0.717, 1.165) is 57.8 Å². The Morgan fingerprint density at radius 3 is 1.76 bits per heavy atom. The number of aliphatic hydroxyl groups excluding tert-OH is 4. The van der Waals surface area contributed by atoms with Crippen molar-refractivity contribution in [3.8, 4) is 0 Å². The Morgan fingerprint density at radius 2 is 1.14 bits per heavy atom. The number of hydrogen-bond acceptors (Lipinski definition) is 10. The van der Waals surface area contributed by atoms with E-state index in [1.165, 1.54) is 51.4 Å². The average molecular weight is 697 g/mol. The lowest BCUT2D eigenvalue weighted by Gasteiger charge is -2.39. The van der Waals surface area contributed by atoms with Crippen molar-refractivity contribution in [3.05, 3.63) is 36.5 Å². The lowest BCUT2D eigenvalue weighted by Crippen LogP contribution is -2.59. The van der Waals surface area contributed by atoms with Gasteiger partial charge in [-0.25, -0.2) is 0 Å². The van der Waals surface area contributed by atoms with Gasteiger partial charge in [-0.2, -0.15) is 0 Å². The summed E-state index contributed by atoms with van der Waals surface area (Å²) >= 11 is 0. The molecule has 284 valence electrons. The molecule has 0 aromatic rings. The number of allylic oxidation sites excluding steroid dienone is 6. The van der Waals surface area contributed by atoms with E-state index in [9.17, 15) is 30.0 Å². The van der Waals surface area contributed by atoms with Crippen LogP contribution in [0.5, 0.6) is 0 Å². The van der Waals surface area contributed by atoms with Crippen LogP contribution in [0.1, 0.15) is 142 Å². The van der Waals surface area contributed by atoms with Crippen LogP contribution in [0.3, 0.4) is 0 Å². The molecule has 1 saturated heterocycles. The first-order valence-corrected chi connectivity index (χ1v) is 19.1. The molecule has 2 unspecified atom stereocenters. The van der Waals surface area contributed by atoms with E-state index in [-0.39, 0.29) is 26.1 Å². The highest BCUT2D eigenvalue weighted by Crippen LogP contribution is 2.22. The number of carbonyl (C=O) groups excluding carboxylic acids is 2. The van der Waals surface area contributed by atoms with Crippen LogP contribution in [-0.4, -0.2) is 89.0 Å². The summed E-state index contributed by atoms with van der Waals surface area (Å²) in [5.41, 5.74) is 0. The summed E-state index contributed by atoms with van der Waals surface area (Å²) in [6, 6.07) is 0. The highest BCUT2D eigenvalue weighted by molar-refractivity contribution is 5.70. The van der Waals surface area contributed by atoms with E-state index in [1.807, 2.05) is 0 Å². The summed E-state index contributed by atoms with van der Waals surface area (Å²) in [6.45, 7) is 3.30. The van der Waals surface area contributed by atoms with E-state index in [2.05, 4.69) is 50.3 Å². The van der Waals surface area contributed by atoms with Gasteiger partial charge < -0.3 is 39.4 Å². The lowest BCUT2D eigenvalue weighted by molar-refractivity contribution is -0.305. The van der Waals surface area contributed by atoms with Crippen LogP contribution in [-0.2, 0) is 28.5 Å². The van der Waals surface area contributed by atoms with Gasteiger partial charge in [0.05, 0.1) is 13.2 Å². The Bertz CT molecular complexity index is 902. The Morgan fingerprint density at radius 1 is 0.633 bits per heavy atom. The van der Waals surface area contributed by atoms with Crippen LogP contribution in [0.25, 0.3) is 0 Å². The normalized spacial score (nSPS) is 22.0. The summed E-state index contributed by atoms with van der Waals surface area (Å²) in [5, 5.41) is 39.8. The van der Waals surface area contributed by atoms with Crippen molar-refractivity contribution in [1.82, 2.24) is 0 Å². The van der Waals surface area contributed by atoms with Crippen molar-refractivity contribution >= 4 is 11.9 Å². The predicted molar refractivity (Wildman–Crippen MR) is 192 cm³/mol. The largest absolute Gasteiger partial charge is 0.462 e. The topological polar surface area (TPSA) is 152 Å². The van der Waals surface area contributed by atoms with Crippen LogP contribution in [0.4, 0.5) is 0 Å². The number of hydrogen-bond donors (Lipinski definition) is 4. The summed E-state index contributed by atoms with van der Waals surface area (Å²) in [7, 11) is 0. The molecule has 1 heterocycles. The molecule has 49 heavy (non-hydrogen) atoms. The standard InChI is InChI=1S/C39H68O10/c1-3-5-7-9-11-13-14-15-16-17-18-20-22-24-26-28-35(42)48-32(31-47-39-38(45)37(44)36(43)33(29-40)49-39)30-46-34(41)27-25-23-21-19-12-10-8-6-4-2/h11,13,15-16,18,20,32-33,36-40,43-45H,3-10,12,14,17,19,21-31H2,1-2H3/b13-11+,16-15+,20-18+/t32-,33-,36+,37?,38?,39-/m1/s1. The van der Waals surface area contributed by atoms with Crippen LogP contribution < -0.4 is 0 Å². The van der Waals surface area contributed by atoms with Gasteiger partial charge in [-0.3, -0.25) is 9.59 Å². The fraction of sp³-hybridized carbons (Fsp3) is 0.795. The van der Waals surface area contributed by atoms with Gasteiger partial charge in [-0.05, 0) is 51.4 Å². The van der Waals surface area contributed by atoms with Crippen molar-refractivity contribution in [2.24, 2.45) is 0 Å². The highest BCUT2D eigenvalue weighted by Gasteiger charge is 2.44. The summed E-state index contributed by atoms with van der Waals surface area (Å²) < 4.78 is 22.0. The van der Waals surface area contributed by atoms with Gasteiger partial charge in [-0.15, -0.1) is 0 Å². The maximum Gasteiger partial charge on any atom is 0.306 e. The Labute approximate surface area is 295 Å². The number of unbranched alkanes of at least 4 members (excludes halogenated alkanes) is 13. The first-order chi connectivity index (χ1) is 23.8. The van der Waals surface area contributed by atoms with Crippen molar-refractivity contribution in [3.63, 3.8) is 0 Å². The summed E-state index contributed by atoms with van der Waals surface area (Å²) in [5.74, 6) is -0.857. The molecule has 0 aliphatic carbocycles. The van der Waals surface area contributed by atoms with Gasteiger partial charge in [0.1, 0.15) is 31.0 Å². The molecule has 1 aliphatic rings. The second-order valence-corrected chi connectivity index (χ2v) is 13.0. The zero-order chi connectivity index (χ0) is 36.0. The first-order valence-electron chi connectivity index (χ1n) is 19.1. The van der Waals surface area contributed by atoms with Gasteiger partial charge in [0, 0.05) is 12.8 Å². The number of esters is 2. The molecule has 6 atom stereocenters. The first kappa shape index (κ1) is 44.9. The van der Waals surface area contributed by atoms with Crippen LogP contribution >= 0.6 is 0 Å². The SMILES string of the molecule is CCCCC/C=C/C/C=C/C/C=C/CCCCC(=O)O[C@H](COC(=O)CCCCCCCCCCC)CO[C@@H]1O[C@H](CO)[C@H](O)C(O)C1O. The van der Waals surface area contributed by atoms with Crippen molar-refractivity contribution in [2.75, 3.05) is 19.8 Å². The van der Waals surface area contributed by atoms with Crippen LogP contribution in [0.15, 0.2) is 36.5 Å². The zero-order valence-corrected chi connectivity index (χ0v) is 30.4. The maximum absolute atomic E-state index is 12.7. The minimum absolute atomic E-state index is 0.182. The molecule has 10 nitrogen and oxygen atoms in total. The van der Waals surface area contributed by atoms with E-state index < -0.39 is 55.4 Å². The summed E-state index contributed by atoms with van der Waals surface area (Å²) in [4.78, 5) is 25.1. The summed E-state index contributed by atoms with van der Waals surface area (Å²) in [6.07, 6.45) is 24.5. The molecule has 0 radical (unpaired) electrons. The highest BCUT2D eigenvalue weighted by atomic mass is 16.7. The van der Waals surface area contributed by atoms with Crippen molar-refractivity contribution < 1.29 is 49.0 Å². The van der Waals surface area contributed by atoms with Crippen molar-refractivity contribution in [2.45, 2.75) is 179 Å². The third kappa shape index (κ3) is 23.1. The molecular formula is C39H68O10.